The molecule has 1 aliphatic heterocycles. The maximum atomic E-state index is 5.83. The highest BCUT2D eigenvalue weighted by Crippen LogP contribution is 2.21. The van der Waals surface area contributed by atoms with E-state index in [4.69, 9.17) is 4.42 Å². The molecule has 1 N–H and O–H groups in total. The summed E-state index contributed by atoms with van der Waals surface area (Å²) in [4.78, 5) is 6.76. The van der Waals surface area contributed by atoms with E-state index in [1.807, 2.05) is 18.3 Å². The average molecular weight is 285 g/mol. The number of furan rings is 1. The predicted molar refractivity (Wildman–Crippen MR) is 84.5 cm³/mol. The fourth-order valence-corrected chi connectivity index (χ4v) is 2.90. The fourth-order valence-electron chi connectivity index (χ4n) is 2.90. The van der Waals surface area contributed by atoms with Crippen LogP contribution in [0.4, 0.5) is 5.82 Å². The van der Waals surface area contributed by atoms with E-state index in [1.165, 1.54) is 0 Å². The maximum Gasteiger partial charge on any atom is 0.128 e. The van der Waals surface area contributed by atoms with Crippen LogP contribution < -0.4 is 10.2 Å². The second kappa shape index (κ2) is 6.31. The van der Waals surface area contributed by atoms with E-state index in [1.54, 1.807) is 0 Å². The molecule has 1 aliphatic rings. The van der Waals surface area contributed by atoms with Crippen LogP contribution in [0.1, 0.15) is 37.8 Å². The van der Waals surface area contributed by atoms with Crippen molar-refractivity contribution in [2.45, 2.75) is 38.8 Å². The molecule has 21 heavy (non-hydrogen) atoms. The van der Waals surface area contributed by atoms with E-state index in [-0.39, 0.29) is 6.04 Å². The standard InChI is InChI=1S/C17H23N3O/c1-3-15-7-8-16(21-15)13(2)19-14-9-11-20(12-14)17-6-4-5-10-18-17/h4-8,10,13-14,19H,3,9,11-12H2,1-2H3/t13-,14-/m1/s1. The molecular weight excluding hydrogens is 262 g/mol. The highest BCUT2D eigenvalue weighted by Gasteiger charge is 2.25. The minimum atomic E-state index is 0.249. The molecule has 3 heterocycles. The van der Waals surface area contributed by atoms with Crippen LogP contribution in [0.15, 0.2) is 40.9 Å². The number of aryl methyl sites for hydroxylation is 1. The van der Waals surface area contributed by atoms with Gasteiger partial charge >= 0.3 is 0 Å². The van der Waals surface area contributed by atoms with Gasteiger partial charge in [0.1, 0.15) is 17.3 Å². The number of anilines is 1. The smallest absolute Gasteiger partial charge is 0.128 e. The first-order valence-corrected chi connectivity index (χ1v) is 7.77. The third-order valence-corrected chi connectivity index (χ3v) is 4.10. The van der Waals surface area contributed by atoms with Crippen LogP contribution in [0.25, 0.3) is 0 Å². The summed E-state index contributed by atoms with van der Waals surface area (Å²) in [7, 11) is 0. The largest absolute Gasteiger partial charge is 0.464 e. The molecule has 0 bridgehead atoms. The Morgan fingerprint density at radius 1 is 1.38 bits per heavy atom. The van der Waals surface area contributed by atoms with Gasteiger partial charge in [0.25, 0.3) is 0 Å². The maximum absolute atomic E-state index is 5.83. The molecule has 2 atom stereocenters. The van der Waals surface area contributed by atoms with Crippen LogP contribution in [0, 0.1) is 0 Å². The van der Waals surface area contributed by atoms with Gasteiger partial charge in [0, 0.05) is 31.7 Å². The van der Waals surface area contributed by atoms with Crippen molar-refractivity contribution < 1.29 is 4.42 Å². The first-order valence-electron chi connectivity index (χ1n) is 7.77. The van der Waals surface area contributed by atoms with Crippen LogP contribution in [-0.4, -0.2) is 24.1 Å². The molecule has 4 heteroatoms. The van der Waals surface area contributed by atoms with E-state index in [0.717, 1.165) is 43.3 Å². The molecule has 0 amide bonds. The summed E-state index contributed by atoms with van der Waals surface area (Å²) in [6.07, 6.45) is 3.94. The lowest BCUT2D eigenvalue weighted by molar-refractivity contribution is 0.384. The summed E-state index contributed by atoms with van der Waals surface area (Å²) >= 11 is 0. The molecule has 1 fully saturated rings. The van der Waals surface area contributed by atoms with Gasteiger partial charge in [-0.15, -0.1) is 0 Å². The molecule has 0 aliphatic carbocycles. The lowest BCUT2D eigenvalue weighted by Gasteiger charge is -2.20. The van der Waals surface area contributed by atoms with Crippen molar-refractivity contribution in [1.29, 1.82) is 0 Å². The van der Waals surface area contributed by atoms with Gasteiger partial charge in [-0.2, -0.15) is 0 Å². The van der Waals surface area contributed by atoms with Gasteiger partial charge in [-0.1, -0.05) is 13.0 Å². The van der Waals surface area contributed by atoms with Crippen molar-refractivity contribution in [3.8, 4) is 0 Å². The SMILES string of the molecule is CCc1ccc([C@@H](C)N[C@@H]2CCN(c3ccccn3)C2)o1. The zero-order valence-electron chi connectivity index (χ0n) is 12.7. The minimum Gasteiger partial charge on any atom is -0.464 e. The normalized spacial score (nSPS) is 19.9. The second-order valence-corrected chi connectivity index (χ2v) is 5.67. The Morgan fingerprint density at radius 2 is 2.29 bits per heavy atom. The molecule has 1 saturated heterocycles. The van der Waals surface area contributed by atoms with Gasteiger partial charge < -0.3 is 14.6 Å². The number of pyridine rings is 1. The summed E-state index contributed by atoms with van der Waals surface area (Å²) in [5.41, 5.74) is 0. The lowest BCUT2D eigenvalue weighted by atomic mass is 10.2. The quantitative estimate of drug-likeness (QED) is 0.916. The molecule has 112 valence electrons. The van der Waals surface area contributed by atoms with E-state index >= 15 is 0 Å². The number of aromatic nitrogens is 1. The number of nitrogens with one attached hydrogen (secondary N) is 1. The van der Waals surface area contributed by atoms with Crippen molar-refractivity contribution >= 4 is 5.82 Å². The Labute approximate surface area is 126 Å². The van der Waals surface area contributed by atoms with Crippen molar-refractivity contribution in [1.82, 2.24) is 10.3 Å². The predicted octanol–water partition coefficient (Wildman–Crippen LogP) is 3.17. The first-order chi connectivity index (χ1) is 10.3. The molecule has 0 saturated carbocycles. The van der Waals surface area contributed by atoms with E-state index in [2.05, 4.69) is 47.2 Å². The second-order valence-electron chi connectivity index (χ2n) is 5.67. The molecular formula is C17H23N3O. The van der Waals surface area contributed by atoms with Gasteiger partial charge in [0.15, 0.2) is 0 Å². The highest BCUT2D eigenvalue weighted by molar-refractivity contribution is 5.39. The Morgan fingerprint density at radius 3 is 3.00 bits per heavy atom. The van der Waals surface area contributed by atoms with Crippen LogP contribution in [-0.2, 0) is 6.42 Å². The third-order valence-electron chi connectivity index (χ3n) is 4.10. The van der Waals surface area contributed by atoms with E-state index < -0.39 is 0 Å². The minimum absolute atomic E-state index is 0.249. The molecule has 2 aromatic heterocycles. The number of nitrogens with zero attached hydrogens (tertiary/aromatic N) is 2. The summed E-state index contributed by atoms with van der Waals surface area (Å²) in [5.74, 6) is 3.16. The lowest BCUT2D eigenvalue weighted by Crippen LogP contribution is -2.34. The van der Waals surface area contributed by atoms with E-state index in [0.29, 0.717) is 6.04 Å². The van der Waals surface area contributed by atoms with Crippen LogP contribution >= 0.6 is 0 Å². The number of hydrogen-bond donors (Lipinski definition) is 1. The fraction of sp³-hybridized carbons (Fsp3) is 0.471. The van der Waals surface area contributed by atoms with Crippen LogP contribution in [0.3, 0.4) is 0 Å². The van der Waals surface area contributed by atoms with Gasteiger partial charge in [0.05, 0.1) is 6.04 Å². The Hall–Kier alpha value is -1.81. The third kappa shape index (κ3) is 3.27. The summed E-state index contributed by atoms with van der Waals surface area (Å²) in [6, 6.07) is 11.0. The Balaban J connectivity index is 1.57. The molecule has 4 nitrogen and oxygen atoms in total. The molecule has 0 radical (unpaired) electrons. The number of hydrogen-bond acceptors (Lipinski definition) is 4. The van der Waals surface area contributed by atoms with Crippen molar-refractivity contribution in [3.63, 3.8) is 0 Å². The first kappa shape index (κ1) is 14.1. The van der Waals surface area contributed by atoms with E-state index in [9.17, 15) is 0 Å². The zero-order chi connectivity index (χ0) is 14.7. The monoisotopic (exact) mass is 285 g/mol. The average Bonchev–Trinajstić information content (AvgIpc) is 3.17. The van der Waals surface area contributed by atoms with Gasteiger partial charge in [-0.3, -0.25) is 0 Å². The number of rotatable bonds is 5. The van der Waals surface area contributed by atoms with Crippen molar-refractivity contribution in [2.24, 2.45) is 0 Å². The summed E-state index contributed by atoms with van der Waals surface area (Å²) < 4.78 is 5.83. The van der Waals surface area contributed by atoms with Crippen LogP contribution in [0.5, 0.6) is 0 Å². The molecule has 0 spiro atoms. The van der Waals surface area contributed by atoms with Gasteiger partial charge in [0.2, 0.25) is 0 Å². The van der Waals surface area contributed by atoms with Gasteiger partial charge in [-0.05, 0) is 37.6 Å². The highest BCUT2D eigenvalue weighted by atomic mass is 16.3. The Kier molecular flexibility index (Phi) is 4.25. The van der Waals surface area contributed by atoms with Gasteiger partial charge in [-0.25, -0.2) is 4.98 Å². The summed E-state index contributed by atoms with van der Waals surface area (Å²) in [6.45, 7) is 6.34. The summed E-state index contributed by atoms with van der Waals surface area (Å²) in [5, 5.41) is 3.67. The molecule has 2 aromatic rings. The molecule has 3 rings (SSSR count). The van der Waals surface area contributed by atoms with Crippen molar-refractivity contribution in [2.75, 3.05) is 18.0 Å². The van der Waals surface area contributed by atoms with Crippen molar-refractivity contribution in [3.05, 3.63) is 48.0 Å². The topological polar surface area (TPSA) is 41.3 Å². The van der Waals surface area contributed by atoms with Crippen LogP contribution in [0.2, 0.25) is 0 Å². The molecule has 0 unspecified atom stereocenters. The Bertz CT molecular complexity index is 566. The zero-order valence-corrected chi connectivity index (χ0v) is 12.7. The molecule has 0 aromatic carbocycles.